The molecule has 0 spiro atoms. The molecule has 96 valence electrons. The lowest BCUT2D eigenvalue weighted by atomic mass is 10.1. The van der Waals surface area contributed by atoms with Gasteiger partial charge in [0.25, 0.3) is 0 Å². The van der Waals surface area contributed by atoms with E-state index in [9.17, 15) is 5.26 Å². The molecule has 0 fully saturated rings. The van der Waals surface area contributed by atoms with Gasteiger partial charge < -0.3 is 5.32 Å². The summed E-state index contributed by atoms with van der Waals surface area (Å²) in [6, 6.07) is 16.6. The van der Waals surface area contributed by atoms with Crippen molar-refractivity contribution in [2.45, 2.75) is 18.4 Å². The molecule has 0 aliphatic rings. The van der Waals surface area contributed by atoms with Crippen LogP contribution in [0.3, 0.4) is 0 Å². The van der Waals surface area contributed by atoms with E-state index < -0.39 is 0 Å². The average molecular weight is 268 g/mol. The standard InChI is InChI=1S/C16H16N2S/c1-12-6-8-13(9-7-12)11-18-15-4-3-5-16(19-2)14(15)10-17/h3-9,18H,11H2,1-2H3. The van der Waals surface area contributed by atoms with Crippen molar-refractivity contribution in [3.05, 3.63) is 59.2 Å². The Balaban J connectivity index is 2.16. The molecule has 0 saturated heterocycles. The zero-order valence-electron chi connectivity index (χ0n) is 11.1. The van der Waals surface area contributed by atoms with Crippen LogP contribution in [0.4, 0.5) is 5.69 Å². The largest absolute Gasteiger partial charge is 0.380 e. The minimum absolute atomic E-state index is 0.724. The van der Waals surface area contributed by atoms with Gasteiger partial charge in [-0.25, -0.2) is 0 Å². The first-order valence-corrected chi connectivity index (χ1v) is 7.33. The number of rotatable bonds is 4. The number of aryl methyl sites for hydroxylation is 1. The van der Waals surface area contributed by atoms with E-state index in [0.717, 1.165) is 22.7 Å². The first-order chi connectivity index (χ1) is 9.24. The van der Waals surface area contributed by atoms with Gasteiger partial charge in [0.1, 0.15) is 6.07 Å². The summed E-state index contributed by atoms with van der Waals surface area (Å²) in [5.74, 6) is 0. The van der Waals surface area contributed by atoms with E-state index in [1.165, 1.54) is 11.1 Å². The molecular formula is C16H16N2S. The molecule has 0 amide bonds. The maximum Gasteiger partial charge on any atom is 0.102 e. The molecule has 0 aliphatic heterocycles. The molecule has 0 atom stereocenters. The fourth-order valence-corrected chi connectivity index (χ4v) is 2.44. The lowest BCUT2D eigenvalue weighted by Gasteiger charge is -2.10. The summed E-state index contributed by atoms with van der Waals surface area (Å²) in [5, 5.41) is 12.6. The van der Waals surface area contributed by atoms with E-state index in [2.05, 4.69) is 42.6 Å². The van der Waals surface area contributed by atoms with Crippen LogP contribution in [0.2, 0.25) is 0 Å². The van der Waals surface area contributed by atoms with Crippen molar-refractivity contribution in [1.29, 1.82) is 5.26 Å². The topological polar surface area (TPSA) is 35.8 Å². The molecule has 0 radical (unpaired) electrons. The highest BCUT2D eigenvalue weighted by atomic mass is 32.2. The molecule has 0 saturated carbocycles. The van der Waals surface area contributed by atoms with Gasteiger partial charge in [-0.05, 0) is 30.9 Å². The quantitative estimate of drug-likeness (QED) is 0.844. The maximum atomic E-state index is 9.26. The second kappa shape index (κ2) is 6.31. The van der Waals surface area contributed by atoms with Crippen LogP contribution in [-0.2, 0) is 6.54 Å². The minimum Gasteiger partial charge on any atom is -0.380 e. The number of hydrogen-bond acceptors (Lipinski definition) is 3. The Morgan fingerprint density at radius 3 is 2.53 bits per heavy atom. The van der Waals surface area contributed by atoms with Crippen molar-refractivity contribution in [3.8, 4) is 6.07 Å². The molecule has 2 aromatic rings. The molecule has 19 heavy (non-hydrogen) atoms. The lowest BCUT2D eigenvalue weighted by molar-refractivity contribution is 1.13. The monoisotopic (exact) mass is 268 g/mol. The van der Waals surface area contributed by atoms with Crippen LogP contribution in [0.15, 0.2) is 47.4 Å². The molecule has 0 heterocycles. The van der Waals surface area contributed by atoms with Gasteiger partial charge in [0, 0.05) is 11.4 Å². The molecular weight excluding hydrogens is 252 g/mol. The lowest BCUT2D eigenvalue weighted by Crippen LogP contribution is -2.01. The predicted molar refractivity (Wildman–Crippen MR) is 81.4 cm³/mol. The Kier molecular flexibility index (Phi) is 4.48. The van der Waals surface area contributed by atoms with E-state index in [-0.39, 0.29) is 0 Å². The number of hydrogen-bond donors (Lipinski definition) is 1. The summed E-state index contributed by atoms with van der Waals surface area (Å²) in [7, 11) is 0. The molecule has 3 heteroatoms. The van der Waals surface area contributed by atoms with Crippen molar-refractivity contribution in [2.24, 2.45) is 0 Å². The first kappa shape index (κ1) is 13.5. The third-order valence-corrected chi connectivity index (χ3v) is 3.74. The van der Waals surface area contributed by atoms with Gasteiger partial charge >= 0.3 is 0 Å². The Morgan fingerprint density at radius 2 is 1.89 bits per heavy atom. The Morgan fingerprint density at radius 1 is 1.16 bits per heavy atom. The summed E-state index contributed by atoms with van der Waals surface area (Å²) < 4.78 is 0. The molecule has 0 bridgehead atoms. The molecule has 2 nitrogen and oxygen atoms in total. The SMILES string of the molecule is CSc1cccc(NCc2ccc(C)cc2)c1C#N. The fourth-order valence-electron chi connectivity index (χ4n) is 1.87. The third kappa shape index (κ3) is 3.30. The van der Waals surface area contributed by atoms with Crippen molar-refractivity contribution in [3.63, 3.8) is 0 Å². The van der Waals surface area contributed by atoms with Crippen LogP contribution in [0.25, 0.3) is 0 Å². The highest BCUT2D eigenvalue weighted by Gasteiger charge is 2.06. The van der Waals surface area contributed by atoms with E-state index in [1.807, 2.05) is 24.5 Å². The normalized spacial score (nSPS) is 9.95. The van der Waals surface area contributed by atoms with Gasteiger partial charge in [0.05, 0.1) is 11.3 Å². The molecule has 0 unspecified atom stereocenters. The van der Waals surface area contributed by atoms with Crippen LogP contribution in [0.1, 0.15) is 16.7 Å². The molecule has 0 aliphatic carbocycles. The van der Waals surface area contributed by atoms with Gasteiger partial charge in [-0.3, -0.25) is 0 Å². The predicted octanol–water partition coefficient (Wildman–Crippen LogP) is 4.20. The number of anilines is 1. The zero-order chi connectivity index (χ0) is 13.7. The Hall–Kier alpha value is -1.92. The molecule has 2 aromatic carbocycles. The number of nitrogens with one attached hydrogen (secondary N) is 1. The van der Waals surface area contributed by atoms with Crippen LogP contribution in [0.5, 0.6) is 0 Å². The maximum absolute atomic E-state index is 9.26. The first-order valence-electron chi connectivity index (χ1n) is 6.11. The zero-order valence-corrected chi connectivity index (χ0v) is 11.9. The van der Waals surface area contributed by atoms with Crippen molar-refractivity contribution in [2.75, 3.05) is 11.6 Å². The summed E-state index contributed by atoms with van der Waals surface area (Å²) in [5.41, 5.74) is 4.09. The summed E-state index contributed by atoms with van der Waals surface area (Å²) in [4.78, 5) is 1.01. The van der Waals surface area contributed by atoms with E-state index >= 15 is 0 Å². The Bertz CT molecular complexity index is 597. The summed E-state index contributed by atoms with van der Waals surface area (Å²) in [6.07, 6.45) is 1.99. The Labute approximate surface area is 118 Å². The molecule has 1 N–H and O–H groups in total. The van der Waals surface area contributed by atoms with E-state index in [4.69, 9.17) is 0 Å². The van der Waals surface area contributed by atoms with Crippen molar-refractivity contribution < 1.29 is 0 Å². The summed E-state index contributed by atoms with van der Waals surface area (Å²) >= 11 is 1.60. The van der Waals surface area contributed by atoms with Gasteiger partial charge in [0.2, 0.25) is 0 Å². The smallest absolute Gasteiger partial charge is 0.102 e. The second-order valence-corrected chi connectivity index (χ2v) is 5.18. The van der Waals surface area contributed by atoms with Crippen LogP contribution in [0, 0.1) is 18.3 Å². The van der Waals surface area contributed by atoms with Gasteiger partial charge in [-0.2, -0.15) is 5.26 Å². The minimum atomic E-state index is 0.724. The van der Waals surface area contributed by atoms with Crippen LogP contribution in [-0.4, -0.2) is 6.26 Å². The molecule has 2 rings (SSSR count). The third-order valence-electron chi connectivity index (χ3n) is 2.96. The van der Waals surface area contributed by atoms with Gasteiger partial charge in [0.15, 0.2) is 0 Å². The second-order valence-electron chi connectivity index (χ2n) is 4.33. The van der Waals surface area contributed by atoms with Gasteiger partial charge in [-0.15, -0.1) is 11.8 Å². The number of benzene rings is 2. The van der Waals surface area contributed by atoms with Crippen molar-refractivity contribution in [1.82, 2.24) is 0 Å². The highest BCUT2D eigenvalue weighted by Crippen LogP contribution is 2.26. The number of thioether (sulfide) groups is 1. The summed E-state index contributed by atoms with van der Waals surface area (Å²) in [6.45, 7) is 2.81. The van der Waals surface area contributed by atoms with Crippen LogP contribution < -0.4 is 5.32 Å². The number of nitrogens with zero attached hydrogens (tertiary/aromatic N) is 1. The fraction of sp³-hybridized carbons (Fsp3) is 0.188. The average Bonchev–Trinajstić information content (AvgIpc) is 2.46. The molecule has 0 aromatic heterocycles. The van der Waals surface area contributed by atoms with E-state index in [1.54, 1.807) is 11.8 Å². The number of nitriles is 1. The van der Waals surface area contributed by atoms with Gasteiger partial charge in [-0.1, -0.05) is 35.9 Å². The van der Waals surface area contributed by atoms with E-state index in [0.29, 0.717) is 0 Å². The van der Waals surface area contributed by atoms with Crippen molar-refractivity contribution >= 4 is 17.4 Å². The van der Waals surface area contributed by atoms with Crippen LogP contribution >= 0.6 is 11.8 Å². The highest BCUT2D eigenvalue weighted by molar-refractivity contribution is 7.98.